The molecule has 0 aliphatic carbocycles. The lowest BCUT2D eigenvalue weighted by Crippen LogP contribution is -2.22. The van der Waals surface area contributed by atoms with Crippen LogP contribution in [-0.2, 0) is 0 Å². The third-order valence-electron chi connectivity index (χ3n) is 2.50. The molecule has 0 amide bonds. The third kappa shape index (κ3) is 4.49. The van der Waals surface area contributed by atoms with Crippen molar-refractivity contribution >= 4 is 5.57 Å². The van der Waals surface area contributed by atoms with E-state index in [1.54, 1.807) is 20.0 Å². The van der Waals surface area contributed by atoms with Crippen molar-refractivity contribution < 1.29 is 4.39 Å². The normalized spacial score (nSPS) is 11.0. The molecule has 2 nitrogen and oxygen atoms in total. The molecule has 0 aliphatic rings. The highest BCUT2D eigenvalue weighted by molar-refractivity contribution is 5.67. The molecule has 1 aromatic rings. The van der Waals surface area contributed by atoms with Gasteiger partial charge in [0.1, 0.15) is 5.82 Å². The molecule has 1 aromatic carbocycles. The van der Waals surface area contributed by atoms with Gasteiger partial charge >= 0.3 is 0 Å². The highest BCUT2D eigenvalue weighted by Gasteiger charge is 2.12. The van der Waals surface area contributed by atoms with Crippen LogP contribution in [0.3, 0.4) is 0 Å². The predicted octanol–water partition coefficient (Wildman–Crippen LogP) is 3.88. The number of nitrogens with one attached hydrogen (secondary N) is 2. The second kappa shape index (κ2) is 8.70. The first-order valence-corrected chi connectivity index (χ1v) is 6.45. The summed E-state index contributed by atoms with van der Waals surface area (Å²) in [6, 6.07) is 5.47. The third-order valence-corrected chi connectivity index (χ3v) is 2.50. The second-order valence-electron chi connectivity index (χ2n) is 4.09. The molecule has 0 bridgehead atoms. The standard InChI is InChI=1S/C13H19FN2.C2H6/c1-9(2)12(8-16-15-4)11-7-5-6-10(3)13(11)14;1-2/h5-9,15-16H,1-4H3;1-2H3/b12-8+;. The highest BCUT2D eigenvalue weighted by atomic mass is 19.1. The van der Waals surface area contributed by atoms with Gasteiger partial charge in [-0.2, -0.15) is 0 Å². The van der Waals surface area contributed by atoms with E-state index in [1.807, 2.05) is 46.0 Å². The Kier molecular flexibility index (Phi) is 8.05. The summed E-state index contributed by atoms with van der Waals surface area (Å²) in [6.07, 6.45) is 1.81. The Bertz CT molecular complexity index is 384. The number of benzene rings is 1. The molecular weight excluding hydrogens is 227 g/mol. The summed E-state index contributed by atoms with van der Waals surface area (Å²) in [5.41, 5.74) is 8.00. The highest BCUT2D eigenvalue weighted by Crippen LogP contribution is 2.26. The van der Waals surface area contributed by atoms with E-state index < -0.39 is 0 Å². The number of aryl methyl sites for hydroxylation is 1. The number of hydrogen-bond donors (Lipinski definition) is 2. The van der Waals surface area contributed by atoms with Gasteiger partial charge in [-0.15, -0.1) is 0 Å². The van der Waals surface area contributed by atoms with Crippen LogP contribution >= 0.6 is 0 Å². The van der Waals surface area contributed by atoms with Gasteiger partial charge in [-0.1, -0.05) is 45.9 Å². The fraction of sp³-hybridized carbons (Fsp3) is 0.467. The molecule has 18 heavy (non-hydrogen) atoms. The van der Waals surface area contributed by atoms with Gasteiger partial charge in [0.2, 0.25) is 0 Å². The first-order valence-electron chi connectivity index (χ1n) is 6.45. The van der Waals surface area contributed by atoms with Crippen LogP contribution < -0.4 is 10.9 Å². The number of hydrogen-bond acceptors (Lipinski definition) is 2. The summed E-state index contributed by atoms with van der Waals surface area (Å²) in [6.45, 7) is 9.87. The average Bonchev–Trinajstić information content (AvgIpc) is 2.37. The van der Waals surface area contributed by atoms with Crippen LogP contribution in [0, 0.1) is 18.7 Å². The zero-order chi connectivity index (χ0) is 14.1. The zero-order valence-corrected chi connectivity index (χ0v) is 12.3. The molecule has 102 valence electrons. The fourth-order valence-corrected chi connectivity index (χ4v) is 1.58. The Hall–Kier alpha value is -1.35. The Labute approximate surface area is 110 Å². The molecule has 0 saturated carbocycles. The van der Waals surface area contributed by atoms with Gasteiger partial charge in [0, 0.05) is 18.8 Å². The maximum absolute atomic E-state index is 14.0. The minimum absolute atomic E-state index is 0.139. The molecule has 1 rings (SSSR count). The number of hydrazine groups is 1. The van der Waals surface area contributed by atoms with Crippen molar-refractivity contribution in [3.63, 3.8) is 0 Å². The fourth-order valence-electron chi connectivity index (χ4n) is 1.58. The van der Waals surface area contributed by atoms with Crippen LogP contribution in [0.1, 0.15) is 38.8 Å². The van der Waals surface area contributed by atoms with Crippen molar-refractivity contribution in [3.05, 3.63) is 41.3 Å². The van der Waals surface area contributed by atoms with E-state index >= 15 is 0 Å². The van der Waals surface area contributed by atoms with Crippen molar-refractivity contribution in [3.8, 4) is 0 Å². The molecule has 2 N–H and O–H groups in total. The van der Waals surface area contributed by atoms with E-state index in [0.29, 0.717) is 11.1 Å². The van der Waals surface area contributed by atoms with Crippen LogP contribution in [0.2, 0.25) is 0 Å². The van der Waals surface area contributed by atoms with E-state index in [1.165, 1.54) is 0 Å². The van der Waals surface area contributed by atoms with Crippen molar-refractivity contribution in [1.29, 1.82) is 0 Å². The molecule has 0 spiro atoms. The first-order chi connectivity index (χ1) is 8.57. The van der Waals surface area contributed by atoms with E-state index in [9.17, 15) is 4.39 Å². The molecule has 0 aromatic heterocycles. The molecule has 0 fully saturated rings. The Morgan fingerprint density at radius 3 is 2.39 bits per heavy atom. The van der Waals surface area contributed by atoms with Gasteiger partial charge < -0.3 is 5.43 Å². The molecule has 3 heteroatoms. The van der Waals surface area contributed by atoms with Gasteiger partial charge in [-0.3, -0.25) is 0 Å². The van der Waals surface area contributed by atoms with Gasteiger partial charge in [-0.25, -0.2) is 9.82 Å². The van der Waals surface area contributed by atoms with Crippen LogP contribution in [0.15, 0.2) is 24.4 Å². The van der Waals surface area contributed by atoms with Gasteiger partial charge in [0.15, 0.2) is 0 Å². The van der Waals surface area contributed by atoms with Crippen molar-refractivity contribution in [2.45, 2.75) is 34.6 Å². The number of halogens is 1. The average molecular weight is 252 g/mol. The van der Waals surface area contributed by atoms with Gasteiger partial charge in [-0.05, 0) is 24.0 Å². The van der Waals surface area contributed by atoms with E-state index in [4.69, 9.17) is 0 Å². The van der Waals surface area contributed by atoms with Crippen LogP contribution in [0.5, 0.6) is 0 Å². The molecule has 0 saturated heterocycles. The van der Waals surface area contributed by atoms with Crippen molar-refractivity contribution in [2.24, 2.45) is 5.92 Å². The molecule has 0 heterocycles. The summed E-state index contributed by atoms with van der Waals surface area (Å²) in [7, 11) is 1.78. The van der Waals surface area contributed by atoms with Crippen molar-refractivity contribution in [1.82, 2.24) is 10.9 Å². The lowest BCUT2D eigenvalue weighted by Gasteiger charge is -2.14. The first kappa shape index (κ1) is 16.6. The summed E-state index contributed by atoms with van der Waals surface area (Å²) >= 11 is 0. The van der Waals surface area contributed by atoms with Gasteiger partial charge in [0.25, 0.3) is 0 Å². The smallest absolute Gasteiger partial charge is 0.133 e. The summed E-state index contributed by atoms with van der Waals surface area (Å²) in [5.74, 6) is 0.123. The lowest BCUT2D eigenvalue weighted by atomic mass is 9.94. The Balaban J connectivity index is 0.00000137. The predicted molar refractivity (Wildman–Crippen MR) is 77.5 cm³/mol. The molecule has 0 atom stereocenters. The SMILES string of the molecule is CC.CNN/C=C(/c1cccc(C)c1F)C(C)C. The van der Waals surface area contributed by atoms with Crippen LogP contribution in [0.25, 0.3) is 5.57 Å². The van der Waals surface area contributed by atoms with E-state index in [0.717, 1.165) is 5.57 Å². The number of rotatable bonds is 4. The van der Waals surface area contributed by atoms with Crippen molar-refractivity contribution in [2.75, 3.05) is 7.05 Å². The largest absolute Gasteiger partial charge is 0.329 e. The second-order valence-corrected chi connectivity index (χ2v) is 4.09. The molecule has 0 unspecified atom stereocenters. The summed E-state index contributed by atoms with van der Waals surface area (Å²) in [5, 5.41) is 0. The monoisotopic (exact) mass is 252 g/mol. The zero-order valence-electron chi connectivity index (χ0n) is 12.3. The topological polar surface area (TPSA) is 24.1 Å². The van der Waals surface area contributed by atoms with Crippen LogP contribution in [0.4, 0.5) is 4.39 Å². The quantitative estimate of drug-likeness (QED) is 0.795. The maximum atomic E-state index is 14.0. The minimum Gasteiger partial charge on any atom is -0.329 e. The Morgan fingerprint density at radius 2 is 1.89 bits per heavy atom. The number of allylic oxidation sites excluding steroid dienone is 1. The van der Waals surface area contributed by atoms with E-state index in [2.05, 4.69) is 10.9 Å². The van der Waals surface area contributed by atoms with E-state index in [-0.39, 0.29) is 11.7 Å². The van der Waals surface area contributed by atoms with Gasteiger partial charge in [0.05, 0.1) is 0 Å². The lowest BCUT2D eigenvalue weighted by molar-refractivity contribution is 0.610. The summed E-state index contributed by atoms with van der Waals surface area (Å²) < 4.78 is 14.0. The Morgan fingerprint density at radius 1 is 1.28 bits per heavy atom. The molecule has 0 aliphatic heterocycles. The van der Waals surface area contributed by atoms with Crippen LogP contribution in [-0.4, -0.2) is 7.05 Å². The maximum Gasteiger partial charge on any atom is 0.133 e. The molecular formula is C15H25FN2. The summed E-state index contributed by atoms with van der Waals surface area (Å²) in [4.78, 5) is 0. The minimum atomic E-state index is -0.139. The molecule has 0 radical (unpaired) electrons.